The van der Waals surface area contributed by atoms with Gasteiger partial charge in [-0.2, -0.15) is 0 Å². The number of benzene rings is 1. The highest BCUT2D eigenvalue weighted by Crippen LogP contribution is 2.22. The molecule has 0 aliphatic rings. The third-order valence-corrected chi connectivity index (χ3v) is 3.79. The zero-order valence-electron chi connectivity index (χ0n) is 13.2. The molecule has 0 aliphatic heterocycles. The molecule has 0 atom stereocenters. The van der Waals surface area contributed by atoms with Gasteiger partial charge in [-0.15, -0.1) is 0 Å². The second kappa shape index (κ2) is 6.92. The lowest BCUT2D eigenvalue weighted by Crippen LogP contribution is -2.47. The number of nitrogens with zero attached hydrogens (tertiary/aromatic N) is 1. The summed E-state index contributed by atoms with van der Waals surface area (Å²) in [5, 5.41) is 3.25. The molecule has 108 valence electrons. The monoisotopic (exact) mass is 264 g/mol. The number of rotatable bonds is 7. The lowest BCUT2D eigenvalue weighted by molar-refractivity contribution is 0.147. The van der Waals surface area contributed by atoms with Gasteiger partial charge in [0.25, 0.3) is 0 Å². The van der Waals surface area contributed by atoms with E-state index in [-0.39, 0.29) is 5.54 Å². The molecule has 0 aliphatic carbocycles. The molecular formula is C16H28N2O. The van der Waals surface area contributed by atoms with Gasteiger partial charge in [-0.3, -0.25) is 4.90 Å². The zero-order valence-corrected chi connectivity index (χ0v) is 13.2. The predicted octanol–water partition coefficient (Wildman–Crippen LogP) is 2.69. The number of likely N-dealkylation sites (N-methyl/N-ethyl adjacent to an activating group) is 2. The molecule has 0 spiro atoms. The average Bonchev–Trinajstić information content (AvgIpc) is 2.38. The summed E-state index contributed by atoms with van der Waals surface area (Å²) >= 11 is 0. The van der Waals surface area contributed by atoms with Crippen LogP contribution < -0.4 is 10.1 Å². The molecule has 0 bridgehead atoms. The normalized spacial score (nSPS) is 11.9. The highest BCUT2D eigenvalue weighted by atomic mass is 16.5. The Morgan fingerprint density at radius 3 is 2.53 bits per heavy atom. The summed E-state index contributed by atoms with van der Waals surface area (Å²) in [5.41, 5.74) is 2.75. The maximum absolute atomic E-state index is 5.38. The van der Waals surface area contributed by atoms with Crippen LogP contribution in [0.5, 0.6) is 5.75 Å². The van der Waals surface area contributed by atoms with Crippen LogP contribution in [-0.4, -0.2) is 38.2 Å². The number of methoxy groups -OCH3 is 1. The van der Waals surface area contributed by atoms with E-state index in [1.165, 1.54) is 11.1 Å². The highest BCUT2D eigenvalue weighted by molar-refractivity contribution is 5.37. The van der Waals surface area contributed by atoms with Crippen molar-refractivity contribution in [3.63, 3.8) is 0 Å². The van der Waals surface area contributed by atoms with Crippen molar-refractivity contribution in [1.82, 2.24) is 10.2 Å². The molecule has 0 radical (unpaired) electrons. The minimum Gasteiger partial charge on any atom is -0.496 e. The Bertz CT molecular complexity index is 402. The molecule has 0 unspecified atom stereocenters. The largest absolute Gasteiger partial charge is 0.496 e. The van der Waals surface area contributed by atoms with E-state index in [1.807, 2.05) is 7.05 Å². The smallest absolute Gasteiger partial charge is 0.122 e. The van der Waals surface area contributed by atoms with E-state index in [4.69, 9.17) is 4.74 Å². The van der Waals surface area contributed by atoms with E-state index in [0.29, 0.717) is 0 Å². The molecule has 0 aromatic heterocycles. The summed E-state index contributed by atoms with van der Waals surface area (Å²) in [6, 6.07) is 6.49. The molecule has 19 heavy (non-hydrogen) atoms. The maximum atomic E-state index is 5.38. The summed E-state index contributed by atoms with van der Waals surface area (Å²) < 4.78 is 5.38. The third kappa shape index (κ3) is 4.22. The van der Waals surface area contributed by atoms with Crippen LogP contribution in [0.4, 0.5) is 0 Å². The van der Waals surface area contributed by atoms with E-state index in [1.54, 1.807) is 7.11 Å². The Balaban J connectivity index is 2.82. The molecule has 0 heterocycles. The van der Waals surface area contributed by atoms with E-state index < -0.39 is 0 Å². The van der Waals surface area contributed by atoms with Crippen molar-refractivity contribution in [3.05, 3.63) is 29.3 Å². The standard InChI is InChI=1S/C16H28N2O/c1-7-14-10-13(8-9-15(14)19-6)11-18(5)16(2,3)12-17-4/h8-10,17H,7,11-12H2,1-6H3. The lowest BCUT2D eigenvalue weighted by Gasteiger charge is -2.35. The summed E-state index contributed by atoms with van der Waals surface area (Å²) in [4.78, 5) is 2.38. The van der Waals surface area contributed by atoms with Crippen LogP contribution in [0.1, 0.15) is 31.9 Å². The second-order valence-corrected chi connectivity index (χ2v) is 5.70. The van der Waals surface area contributed by atoms with Crippen LogP contribution in [0.2, 0.25) is 0 Å². The number of ether oxygens (including phenoxy) is 1. The van der Waals surface area contributed by atoms with Gasteiger partial charge in [-0.25, -0.2) is 0 Å². The molecule has 0 saturated heterocycles. The highest BCUT2D eigenvalue weighted by Gasteiger charge is 2.22. The third-order valence-electron chi connectivity index (χ3n) is 3.79. The molecule has 1 aromatic rings. The van der Waals surface area contributed by atoms with Crippen LogP contribution in [-0.2, 0) is 13.0 Å². The maximum Gasteiger partial charge on any atom is 0.122 e. The summed E-state index contributed by atoms with van der Waals surface area (Å²) in [5.74, 6) is 0.989. The molecule has 0 amide bonds. The van der Waals surface area contributed by atoms with E-state index in [0.717, 1.165) is 25.3 Å². The Kier molecular flexibility index (Phi) is 5.83. The molecule has 3 nitrogen and oxygen atoms in total. The zero-order chi connectivity index (χ0) is 14.5. The Hall–Kier alpha value is -1.06. The van der Waals surface area contributed by atoms with Gasteiger partial charge in [0.2, 0.25) is 0 Å². The molecule has 1 N–H and O–H groups in total. The first-order chi connectivity index (χ1) is 8.94. The molecule has 1 aromatic carbocycles. The Morgan fingerprint density at radius 2 is 2.00 bits per heavy atom. The molecule has 3 heteroatoms. The van der Waals surface area contributed by atoms with Crippen molar-refractivity contribution >= 4 is 0 Å². The van der Waals surface area contributed by atoms with Crippen LogP contribution in [0.3, 0.4) is 0 Å². The van der Waals surface area contributed by atoms with Crippen LogP contribution >= 0.6 is 0 Å². The van der Waals surface area contributed by atoms with Crippen molar-refractivity contribution in [2.45, 2.75) is 39.3 Å². The molecule has 1 rings (SSSR count). The van der Waals surface area contributed by atoms with Crippen molar-refractivity contribution in [2.75, 3.05) is 27.7 Å². The minimum atomic E-state index is 0.140. The van der Waals surface area contributed by atoms with E-state index in [2.05, 4.69) is 56.2 Å². The fourth-order valence-corrected chi connectivity index (χ4v) is 2.26. The minimum absolute atomic E-state index is 0.140. The van der Waals surface area contributed by atoms with Gasteiger partial charge in [0, 0.05) is 18.6 Å². The molecule has 0 fully saturated rings. The van der Waals surface area contributed by atoms with Gasteiger partial charge in [0.15, 0.2) is 0 Å². The van der Waals surface area contributed by atoms with Gasteiger partial charge in [0.05, 0.1) is 7.11 Å². The van der Waals surface area contributed by atoms with Gasteiger partial charge in [0.1, 0.15) is 5.75 Å². The van der Waals surface area contributed by atoms with Crippen LogP contribution in [0, 0.1) is 0 Å². The fourth-order valence-electron chi connectivity index (χ4n) is 2.26. The van der Waals surface area contributed by atoms with E-state index >= 15 is 0 Å². The first kappa shape index (κ1) is 16.0. The summed E-state index contributed by atoms with van der Waals surface area (Å²) in [6.07, 6.45) is 1.00. The summed E-state index contributed by atoms with van der Waals surface area (Å²) in [7, 11) is 5.90. The number of hydrogen-bond donors (Lipinski definition) is 1. The topological polar surface area (TPSA) is 24.5 Å². The van der Waals surface area contributed by atoms with Crippen molar-refractivity contribution in [3.8, 4) is 5.75 Å². The first-order valence-electron chi connectivity index (χ1n) is 6.96. The molecular weight excluding hydrogens is 236 g/mol. The predicted molar refractivity (Wildman–Crippen MR) is 81.8 cm³/mol. The van der Waals surface area contributed by atoms with E-state index in [9.17, 15) is 0 Å². The SMILES string of the molecule is CCc1cc(CN(C)C(C)(C)CNC)ccc1OC. The number of nitrogens with one attached hydrogen (secondary N) is 1. The van der Waals surface area contributed by atoms with Crippen LogP contribution in [0.25, 0.3) is 0 Å². The Morgan fingerprint density at radius 1 is 1.32 bits per heavy atom. The number of aryl methyl sites for hydroxylation is 1. The van der Waals surface area contributed by atoms with Crippen molar-refractivity contribution < 1.29 is 4.74 Å². The quantitative estimate of drug-likeness (QED) is 0.819. The van der Waals surface area contributed by atoms with Crippen molar-refractivity contribution in [1.29, 1.82) is 0 Å². The van der Waals surface area contributed by atoms with Gasteiger partial charge in [-0.1, -0.05) is 19.1 Å². The fraction of sp³-hybridized carbons (Fsp3) is 0.625. The average molecular weight is 264 g/mol. The van der Waals surface area contributed by atoms with Crippen LogP contribution in [0.15, 0.2) is 18.2 Å². The van der Waals surface area contributed by atoms with Gasteiger partial charge >= 0.3 is 0 Å². The Labute approximate surface area is 118 Å². The summed E-state index contributed by atoms with van der Waals surface area (Å²) in [6.45, 7) is 8.60. The first-order valence-corrected chi connectivity index (χ1v) is 6.96. The second-order valence-electron chi connectivity index (χ2n) is 5.70. The number of hydrogen-bond acceptors (Lipinski definition) is 3. The van der Waals surface area contributed by atoms with Crippen molar-refractivity contribution in [2.24, 2.45) is 0 Å². The van der Waals surface area contributed by atoms with Gasteiger partial charge in [-0.05, 0) is 51.6 Å². The lowest BCUT2D eigenvalue weighted by atomic mass is 10.0. The van der Waals surface area contributed by atoms with Gasteiger partial charge < -0.3 is 10.1 Å². The molecule has 0 saturated carbocycles.